The highest BCUT2D eigenvalue weighted by atomic mass is 32.2. The molecule has 2 rings (SSSR count). The Labute approximate surface area is 125 Å². The van der Waals surface area contributed by atoms with Crippen molar-refractivity contribution in [3.8, 4) is 11.8 Å². The van der Waals surface area contributed by atoms with Gasteiger partial charge in [0.25, 0.3) is 0 Å². The molecule has 2 atom stereocenters. The van der Waals surface area contributed by atoms with Crippen LogP contribution in [0.3, 0.4) is 0 Å². The molecule has 7 heteroatoms. The Hall–Kier alpha value is -1.46. The van der Waals surface area contributed by atoms with Crippen LogP contribution in [-0.4, -0.2) is 39.2 Å². The molecule has 1 aliphatic carbocycles. The number of pyridine rings is 1. The first-order valence-corrected chi connectivity index (χ1v) is 8.22. The molecule has 0 aliphatic heterocycles. The van der Waals surface area contributed by atoms with Gasteiger partial charge >= 0.3 is 0 Å². The summed E-state index contributed by atoms with van der Waals surface area (Å²) in [6.07, 6.45) is 5.28. The number of rotatable bonds is 4. The van der Waals surface area contributed by atoms with Gasteiger partial charge in [0.1, 0.15) is 4.90 Å². The first-order chi connectivity index (χ1) is 10.0. The van der Waals surface area contributed by atoms with Gasteiger partial charge in [-0.1, -0.05) is 11.8 Å². The predicted octanol–water partition coefficient (Wildman–Crippen LogP) is 0.238. The molecule has 1 heterocycles. The van der Waals surface area contributed by atoms with Gasteiger partial charge in [0.2, 0.25) is 10.0 Å². The Morgan fingerprint density at radius 2 is 2.29 bits per heavy atom. The average molecular weight is 309 g/mol. The molecule has 3 N–H and O–H groups in total. The maximum atomic E-state index is 12.3. The first kappa shape index (κ1) is 15.9. The summed E-state index contributed by atoms with van der Waals surface area (Å²) < 4.78 is 32.6. The topological polar surface area (TPSA) is 94.3 Å². The van der Waals surface area contributed by atoms with Crippen molar-refractivity contribution in [2.24, 2.45) is 5.73 Å². The smallest absolute Gasteiger partial charge is 0.242 e. The van der Waals surface area contributed by atoms with Gasteiger partial charge in [-0.3, -0.25) is 4.98 Å². The summed E-state index contributed by atoms with van der Waals surface area (Å²) in [6.45, 7) is 0.218. The molecular formula is C14H19N3O3S. The molecule has 1 saturated carbocycles. The maximum absolute atomic E-state index is 12.3. The highest BCUT2D eigenvalue weighted by Crippen LogP contribution is 2.23. The minimum atomic E-state index is -3.59. The van der Waals surface area contributed by atoms with Crippen LogP contribution < -0.4 is 10.5 Å². The Morgan fingerprint density at radius 3 is 2.95 bits per heavy atom. The summed E-state index contributed by atoms with van der Waals surface area (Å²) in [7, 11) is -1.95. The van der Waals surface area contributed by atoms with Crippen molar-refractivity contribution in [3.05, 3.63) is 24.0 Å². The molecule has 0 amide bonds. The lowest BCUT2D eigenvalue weighted by molar-refractivity contribution is 0.107. The van der Waals surface area contributed by atoms with Gasteiger partial charge in [-0.2, -0.15) is 0 Å². The third-order valence-electron chi connectivity index (χ3n) is 3.40. The quantitative estimate of drug-likeness (QED) is 0.777. The van der Waals surface area contributed by atoms with E-state index in [0.717, 1.165) is 12.8 Å². The molecule has 21 heavy (non-hydrogen) atoms. The summed E-state index contributed by atoms with van der Waals surface area (Å²) in [6, 6.07) is 1.40. The van der Waals surface area contributed by atoms with E-state index in [9.17, 15) is 8.42 Å². The van der Waals surface area contributed by atoms with E-state index in [1.54, 1.807) is 7.11 Å². The van der Waals surface area contributed by atoms with Crippen molar-refractivity contribution < 1.29 is 13.2 Å². The van der Waals surface area contributed by atoms with Crippen molar-refractivity contribution in [3.63, 3.8) is 0 Å². The molecule has 114 valence electrons. The Morgan fingerprint density at radius 1 is 1.48 bits per heavy atom. The second-order valence-corrected chi connectivity index (χ2v) is 6.62. The number of aromatic nitrogens is 1. The molecule has 0 saturated heterocycles. The van der Waals surface area contributed by atoms with Crippen LogP contribution in [0, 0.1) is 11.8 Å². The summed E-state index contributed by atoms with van der Waals surface area (Å²) in [5.41, 5.74) is 5.83. The maximum Gasteiger partial charge on any atom is 0.242 e. The number of methoxy groups -OCH3 is 1. The number of ether oxygens (including phenoxy) is 1. The summed E-state index contributed by atoms with van der Waals surface area (Å²) in [4.78, 5) is 4.04. The van der Waals surface area contributed by atoms with Gasteiger partial charge in [0, 0.05) is 31.1 Å². The number of nitrogens with zero attached hydrogens (tertiary/aromatic N) is 1. The van der Waals surface area contributed by atoms with Crippen molar-refractivity contribution >= 4 is 10.0 Å². The molecule has 1 aromatic heterocycles. The van der Waals surface area contributed by atoms with Gasteiger partial charge in [-0.25, -0.2) is 13.1 Å². The summed E-state index contributed by atoms with van der Waals surface area (Å²) in [5.74, 6) is 5.45. The lowest BCUT2D eigenvalue weighted by atomic mass is 10.3. The average Bonchev–Trinajstić information content (AvgIpc) is 2.92. The summed E-state index contributed by atoms with van der Waals surface area (Å²) >= 11 is 0. The SMILES string of the molecule is COC1CCC(NS(=O)(=O)c2cncc(C#CCN)c2)C1. The monoisotopic (exact) mass is 309 g/mol. The van der Waals surface area contributed by atoms with Crippen molar-refractivity contribution in [2.45, 2.75) is 36.3 Å². The Bertz CT molecular complexity index is 649. The van der Waals surface area contributed by atoms with E-state index >= 15 is 0 Å². The van der Waals surface area contributed by atoms with Crippen LogP contribution in [0.25, 0.3) is 0 Å². The normalized spacial score (nSPS) is 21.8. The summed E-state index contributed by atoms with van der Waals surface area (Å²) in [5, 5.41) is 0. The Kier molecular flexibility index (Phi) is 5.31. The lowest BCUT2D eigenvalue weighted by Crippen LogP contribution is -2.33. The van der Waals surface area contributed by atoms with Gasteiger partial charge in [-0.05, 0) is 25.3 Å². The van der Waals surface area contributed by atoms with Crippen molar-refractivity contribution in [2.75, 3.05) is 13.7 Å². The van der Waals surface area contributed by atoms with Gasteiger partial charge in [0.15, 0.2) is 0 Å². The van der Waals surface area contributed by atoms with Gasteiger partial charge in [-0.15, -0.1) is 0 Å². The van der Waals surface area contributed by atoms with Crippen molar-refractivity contribution in [1.82, 2.24) is 9.71 Å². The fourth-order valence-corrected chi connectivity index (χ4v) is 3.61. The van der Waals surface area contributed by atoms with E-state index in [2.05, 4.69) is 21.5 Å². The van der Waals surface area contributed by atoms with Crippen LogP contribution in [0.2, 0.25) is 0 Å². The second kappa shape index (κ2) is 7.00. The fourth-order valence-electron chi connectivity index (χ4n) is 2.34. The molecule has 6 nitrogen and oxygen atoms in total. The number of nitrogens with two attached hydrogens (primary N) is 1. The van der Waals surface area contributed by atoms with E-state index in [4.69, 9.17) is 10.5 Å². The van der Waals surface area contributed by atoms with Crippen LogP contribution >= 0.6 is 0 Å². The fraction of sp³-hybridized carbons (Fsp3) is 0.500. The molecule has 0 spiro atoms. The highest BCUT2D eigenvalue weighted by Gasteiger charge is 2.28. The molecule has 1 aromatic rings. The van der Waals surface area contributed by atoms with Gasteiger partial charge in [0.05, 0.1) is 12.6 Å². The zero-order valence-corrected chi connectivity index (χ0v) is 12.7. The molecular weight excluding hydrogens is 290 g/mol. The van der Waals surface area contributed by atoms with E-state index in [1.165, 1.54) is 18.5 Å². The highest BCUT2D eigenvalue weighted by molar-refractivity contribution is 7.89. The number of hydrogen-bond acceptors (Lipinski definition) is 5. The van der Waals surface area contributed by atoms with Crippen LogP contribution in [0.5, 0.6) is 0 Å². The van der Waals surface area contributed by atoms with Crippen LogP contribution in [0.4, 0.5) is 0 Å². The minimum Gasteiger partial charge on any atom is -0.381 e. The van der Waals surface area contributed by atoms with E-state index in [-0.39, 0.29) is 23.6 Å². The van der Waals surface area contributed by atoms with Crippen molar-refractivity contribution in [1.29, 1.82) is 0 Å². The first-order valence-electron chi connectivity index (χ1n) is 6.74. The Balaban J connectivity index is 2.12. The molecule has 0 bridgehead atoms. The standard InChI is InChI=1S/C14H19N3O3S/c1-20-13-5-4-12(8-13)17-21(18,19)14-7-11(3-2-6-15)9-16-10-14/h7,9-10,12-13,17H,4-6,8,15H2,1H3. The minimum absolute atomic E-state index is 0.0984. The molecule has 1 fully saturated rings. The largest absolute Gasteiger partial charge is 0.381 e. The number of nitrogens with one attached hydrogen (secondary N) is 1. The number of sulfonamides is 1. The molecule has 1 aliphatic rings. The van der Waals surface area contributed by atoms with Crippen LogP contribution in [-0.2, 0) is 14.8 Å². The lowest BCUT2D eigenvalue weighted by Gasteiger charge is -2.13. The molecule has 0 aromatic carbocycles. The second-order valence-electron chi connectivity index (χ2n) is 4.90. The van der Waals surface area contributed by atoms with E-state index < -0.39 is 10.0 Å². The zero-order chi connectivity index (χ0) is 15.3. The van der Waals surface area contributed by atoms with Crippen LogP contribution in [0.1, 0.15) is 24.8 Å². The third-order valence-corrected chi connectivity index (χ3v) is 4.89. The van der Waals surface area contributed by atoms with Gasteiger partial charge < -0.3 is 10.5 Å². The van der Waals surface area contributed by atoms with E-state index in [1.807, 2.05) is 0 Å². The van der Waals surface area contributed by atoms with E-state index in [0.29, 0.717) is 12.0 Å². The zero-order valence-electron chi connectivity index (χ0n) is 11.9. The number of hydrogen-bond donors (Lipinski definition) is 2. The third kappa shape index (κ3) is 4.25. The molecule has 2 unspecified atom stereocenters. The predicted molar refractivity (Wildman–Crippen MR) is 78.9 cm³/mol. The van der Waals surface area contributed by atoms with Crippen LogP contribution in [0.15, 0.2) is 23.4 Å². The molecule has 0 radical (unpaired) electrons.